The molecule has 4 nitrogen and oxygen atoms in total. The number of rotatable bonds is 2. The van der Waals surface area contributed by atoms with Crippen molar-refractivity contribution < 1.29 is 9.90 Å². The van der Waals surface area contributed by atoms with Gasteiger partial charge in [-0.05, 0) is 20.3 Å². The predicted octanol–water partition coefficient (Wildman–Crippen LogP) is -0.435. The van der Waals surface area contributed by atoms with Crippen molar-refractivity contribution >= 4 is 5.91 Å². The summed E-state index contributed by atoms with van der Waals surface area (Å²) in [5, 5.41) is 9.26. The summed E-state index contributed by atoms with van der Waals surface area (Å²) in [4.78, 5) is 13.5. The molecule has 0 aromatic rings. The minimum Gasteiger partial charge on any atom is -0.391 e. The Bertz CT molecular complexity index is 204. The molecule has 3 N–H and O–H groups in total. The van der Waals surface area contributed by atoms with Crippen molar-refractivity contribution in [1.29, 1.82) is 0 Å². The fraction of sp³-hybridized carbons (Fsp3) is 0.889. The van der Waals surface area contributed by atoms with E-state index in [4.69, 9.17) is 5.73 Å². The predicted molar refractivity (Wildman–Crippen MR) is 50.0 cm³/mol. The molecule has 0 aromatic carbocycles. The molecule has 4 heteroatoms. The molecule has 1 heterocycles. The van der Waals surface area contributed by atoms with Gasteiger partial charge in [-0.1, -0.05) is 0 Å². The molecule has 1 rings (SSSR count). The van der Waals surface area contributed by atoms with Crippen LogP contribution in [0.3, 0.4) is 0 Å². The summed E-state index contributed by atoms with van der Waals surface area (Å²) in [5.41, 5.74) is 5.00. The molecular weight excluding hydrogens is 168 g/mol. The number of carbonyl (C=O) groups is 1. The monoisotopic (exact) mass is 186 g/mol. The first-order valence-corrected chi connectivity index (χ1v) is 4.65. The first kappa shape index (κ1) is 10.5. The molecule has 1 saturated heterocycles. The summed E-state index contributed by atoms with van der Waals surface area (Å²) >= 11 is 0. The van der Waals surface area contributed by atoms with Crippen molar-refractivity contribution in [3.8, 4) is 0 Å². The Kier molecular flexibility index (Phi) is 2.93. The Hall–Kier alpha value is -0.610. The summed E-state index contributed by atoms with van der Waals surface area (Å²) in [7, 11) is 0. The number of aliphatic hydroxyl groups is 1. The zero-order valence-electron chi connectivity index (χ0n) is 8.29. The molecule has 1 aliphatic rings. The average Bonchev–Trinajstić information content (AvgIpc) is 2.50. The van der Waals surface area contributed by atoms with Crippen LogP contribution in [-0.2, 0) is 4.79 Å². The van der Waals surface area contributed by atoms with Crippen LogP contribution < -0.4 is 5.73 Å². The largest absolute Gasteiger partial charge is 0.391 e. The molecule has 0 aromatic heterocycles. The number of nitrogens with two attached hydrogens (primary N) is 1. The van der Waals surface area contributed by atoms with Crippen LogP contribution in [0.25, 0.3) is 0 Å². The van der Waals surface area contributed by atoms with E-state index in [2.05, 4.69) is 0 Å². The molecule has 1 fully saturated rings. The van der Waals surface area contributed by atoms with Gasteiger partial charge in [-0.3, -0.25) is 4.79 Å². The molecule has 0 unspecified atom stereocenters. The maximum Gasteiger partial charge on any atom is 0.229 e. The first-order chi connectivity index (χ1) is 5.97. The van der Waals surface area contributed by atoms with Crippen molar-refractivity contribution in [1.82, 2.24) is 4.90 Å². The Labute approximate surface area is 78.7 Å². The Morgan fingerprint density at radius 1 is 1.69 bits per heavy atom. The summed E-state index contributed by atoms with van der Waals surface area (Å²) in [6.45, 7) is 5.13. The molecule has 1 aliphatic heterocycles. The van der Waals surface area contributed by atoms with Crippen molar-refractivity contribution in [3.63, 3.8) is 0 Å². The fourth-order valence-corrected chi connectivity index (χ4v) is 1.44. The van der Waals surface area contributed by atoms with E-state index >= 15 is 0 Å². The number of nitrogens with zero attached hydrogens (tertiary/aromatic N) is 1. The van der Waals surface area contributed by atoms with Gasteiger partial charge in [0.15, 0.2) is 0 Å². The number of carbonyl (C=O) groups excluding carboxylic acids is 1. The third-order valence-electron chi connectivity index (χ3n) is 2.54. The molecule has 13 heavy (non-hydrogen) atoms. The zero-order chi connectivity index (χ0) is 10.1. The lowest BCUT2D eigenvalue weighted by molar-refractivity contribution is -0.139. The lowest BCUT2D eigenvalue weighted by atomic mass is 9.92. The van der Waals surface area contributed by atoms with Gasteiger partial charge >= 0.3 is 0 Å². The number of β-amino-alcohol motifs (C(OH)–C–C–N with tert-alkyl or cyclic N) is 1. The van der Waals surface area contributed by atoms with E-state index in [-0.39, 0.29) is 12.0 Å². The second kappa shape index (κ2) is 3.64. The number of hydrogen-bond acceptors (Lipinski definition) is 3. The van der Waals surface area contributed by atoms with Gasteiger partial charge < -0.3 is 15.7 Å². The maximum atomic E-state index is 11.8. The number of likely N-dealkylation sites (tertiary alicyclic amines) is 1. The molecule has 1 atom stereocenters. The molecule has 0 aliphatic carbocycles. The molecule has 0 radical (unpaired) electrons. The normalized spacial score (nSPS) is 23.7. The molecule has 0 saturated carbocycles. The second-order valence-corrected chi connectivity index (χ2v) is 4.28. The van der Waals surface area contributed by atoms with Crippen LogP contribution in [0.4, 0.5) is 0 Å². The molecular formula is C9H18N2O2. The van der Waals surface area contributed by atoms with Gasteiger partial charge in [0, 0.05) is 19.6 Å². The van der Waals surface area contributed by atoms with E-state index in [0.717, 1.165) is 0 Å². The van der Waals surface area contributed by atoms with Gasteiger partial charge in [-0.2, -0.15) is 0 Å². The van der Waals surface area contributed by atoms with Gasteiger partial charge in [0.25, 0.3) is 0 Å². The van der Waals surface area contributed by atoms with Crippen molar-refractivity contribution in [2.24, 2.45) is 11.1 Å². The minimum absolute atomic E-state index is 0.0477. The highest BCUT2D eigenvalue weighted by Crippen LogP contribution is 2.20. The van der Waals surface area contributed by atoms with Crippen LogP contribution in [0, 0.1) is 5.41 Å². The molecule has 0 bridgehead atoms. The quantitative estimate of drug-likeness (QED) is 0.614. The Balaban J connectivity index is 2.58. The molecule has 0 spiro atoms. The first-order valence-electron chi connectivity index (χ1n) is 4.65. The standard InChI is InChI=1S/C9H18N2O2/c1-9(2,6-10)8(13)11-4-3-7(12)5-11/h7,12H,3-6,10H2,1-2H3/t7-/m1/s1. The highest BCUT2D eigenvalue weighted by Gasteiger charge is 2.34. The highest BCUT2D eigenvalue weighted by atomic mass is 16.3. The van der Waals surface area contributed by atoms with Gasteiger partial charge in [0.2, 0.25) is 5.91 Å². The van der Waals surface area contributed by atoms with Crippen LogP contribution in [0.2, 0.25) is 0 Å². The molecule has 1 amide bonds. The lowest BCUT2D eigenvalue weighted by Crippen LogP contribution is -2.43. The van der Waals surface area contributed by atoms with Crippen LogP contribution >= 0.6 is 0 Å². The third kappa shape index (κ3) is 2.19. The average molecular weight is 186 g/mol. The smallest absolute Gasteiger partial charge is 0.229 e. The second-order valence-electron chi connectivity index (χ2n) is 4.28. The van der Waals surface area contributed by atoms with E-state index < -0.39 is 5.41 Å². The van der Waals surface area contributed by atoms with Crippen molar-refractivity contribution in [3.05, 3.63) is 0 Å². The van der Waals surface area contributed by atoms with Crippen LogP contribution in [0.1, 0.15) is 20.3 Å². The van der Waals surface area contributed by atoms with Gasteiger partial charge in [-0.15, -0.1) is 0 Å². The van der Waals surface area contributed by atoms with Crippen molar-refractivity contribution in [2.45, 2.75) is 26.4 Å². The van der Waals surface area contributed by atoms with E-state index in [1.165, 1.54) is 0 Å². The summed E-state index contributed by atoms with van der Waals surface area (Å²) in [6, 6.07) is 0. The van der Waals surface area contributed by atoms with Gasteiger partial charge in [-0.25, -0.2) is 0 Å². The Morgan fingerprint density at radius 3 is 2.69 bits per heavy atom. The van der Waals surface area contributed by atoms with Crippen LogP contribution in [0.5, 0.6) is 0 Å². The van der Waals surface area contributed by atoms with E-state index in [1.807, 2.05) is 13.8 Å². The summed E-state index contributed by atoms with van der Waals surface area (Å²) in [5.74, 6) is 0.0477. The third-order valence-corrected chi connectivity index (χ3v) is 2.54. The number of aliphatic hydroxyl groups excluding tert-OH is 1. The fourth-order valence-electron chi connectivity index (χ4n) is 1.44. The van der Waals surface area contributed by atoms with E-state index in [1.54, 1.807) is 4.90 Å². The van der Waals surface area contributed by atoms with Gasteiger partial charge in [0.1, 0.15) is 0 Å². The maximum absolute atomic E-state index is 11.8. The number of hydrogen-bond donors (Lipinski definition) is 2. The summed E-state index contributed by atoms with van der Waals surface area (Å²) in [6.07, 6.45) is 0.337. The SMILES string of the molecule is CC(C)(CN)C(=O)N1CC[C@@H](O)C1. The molecule has 76 valence electrons. The lowest BCUT2D eigenvalue weighted by Gasteiger charge is -2.27. The number of amides is 1. The van der Waals surface area contributed by atoms with E-state index in [9.17, 15) is 9.90 Å². The van der Waals surface area contributed by atoms with Crippen LogP contribution in [0.15, 0.2) is 0 Å². The highest BCUT2D eigenvalue weighted by molar-refractivity contribution is 5.82. The minimum atomic E-state index is -0.496. The van der Waals surface area contributed by atoms with Gasteiger partial charge in [0.05, 0.1) is 11.5 Å². The van der Waals surface area contributed by atoms with E-state index in [0.29, 0.717) is 26.1 Å². The topological polar surface area (TPSA) is 66.6 Å². The van der Waals surface area contributed by atoms with Crippen LogP contribution in [-0.4, -0.2) is 41.7 Å². The van der Waals surface area contributed by atoms with Crippen molar-refractivity contribution in [2.75, 3.05) is 19.6 Å². The Morgan fingerprint density at radius 2 is 2.31 bits per heavy atom. The zero-order valence-corrected chi connectivity index (χ0v) is 8.29. The summed E-state index contributed by atoms with van der Waals surface area (Å²) < 4.78 is 0.